The van der Waals surface area contributed by atoms with E-state index in [-0.39, 0.29) is 18.3 Å². The van der Waals surface area contributed by atoms with Crippen molar-refractivity contribution >= 4 is 24.0 Å². The molecule has 70 valence electrons. The van der Waals surface area contributed by atoms with Gasteiger partial charge in [-0.15, -0.1) is 12.4 Å². The second-order valence-corrected chi connectivity index (χ2v) is 2.52. The van der Waals surface area contributed by atoms with Crippen LogP contribution in [0.3, 0.4) is 0 Å². The Bertz CT molecular complexity index is 317. The molecular weight excluding hydrogens is 192 g/mol. The first kappa shape index (κ1) is 9.80. The van der Waals surface area contributed by atoms with Crippen molar-refractivity contribution in [2.24, 2.45) is 0 Å². The van der Waals surface area contributed by atoms with Gasteiger partial charge in [-0.25, -0.2) is 0 Å². The first-order valence-electron chi connectivity index (χ1n) is 3.73. The van der Waals surface area contributed by atoms with Crippen molar-refractivity contribution in [1.82, 2.24) is 4.98 Å². The molecule has 0 aliphatic carbocycles. The molecule has 0 aromatic carbocycles. The number of nitrogens with zero attached hydrogens (tertiary/aromatic N) is 1. The lowest BCUT2D eigenvalue weighted by Crippen LogP contribution is -2.10. The summed E-state index contributed by atoms with van der Waals surface area (Å²) in [6.45, 7) is 0.421. The fourth-order valence-corrected chi connectivity index (χ4v) is 1.06. The van der Waals surface area contributed by atoms with Crippen molar-refractivity contribution in [3.63, 3.8) is 0 Å². The van der Waals surface area contributed by atoms with E-state index in [0.717, 1.165) is 0 Å². The van der Waals surface area contributed by atoms with Gasteiger partial charge in [0.2, 0.25) is 5.91 Å². The van der Waals surface area contributed by atoms with Crippen LogP contribution >= 0.6 is 12.4 Å². The lowest BCUT2D eigenvalue weighted by Gasteiger charge is -2.03. The smallest absolute Gasteiger partial charge is 0.227 e. The summed E-state index contributed by atoms with van der Waals surface area (Å²) >= 11 is 0. The van der Waals surface area contributed by atoms with Crippen LogP contribution in [-0.4, -0.2) is 17.5 Å². The zero-order valence-electron chi connectivity index (χ0n) is 6.82. The van der Waals surface area contributed by atoms with E-state index in [9.17, 15) is 4.79 Å². The fourth-order valence-electron chi connectivity index (χ4n) is 1.06. The van der Waals surface area contributed by atoms with Crippen molar-refractivity contribution in [1.29, 1.82) is 0 Å². The van der Waals surface area contributed by atoms with Crippen LogP contribution in [0, 0.1) is 0 Å². The van der Waals surface area contributed by atoms with E-state index in [1.807, 2.05) is 0 Å². The first-order chi connectivity index (χ1) is 5.86. The number of rotatable bonds is 0. The summed E-state index contributed by atoms with van der Waals surface area (Å²) in [5.41, 5.74) is 0.701. The second-order valence-electron chi connectivity index (χ2n) is 2.52. The van der Waals surface area contributed by atoms with Gasteiger partial charge in [-0.05, 0) is 6.07 Å². The minimum atomic E-state index is -0.0139. The molecule has 1 N–H and O–H groups in total. The molecule has 0 bridgehead atoms. The molecular formula is C8H9ClN2O2. The number of carbonyl (C=O) groups is 1. The van der Waals surface area contributed by atoms with Crippen molar-refractivity contribution in [2.75, 3.05) is 11.9 Å². The van der Waals surface area contributed by atoms with Gasteiger partial charge in [0.1, 0.15) is 0 Å². The number of ether oxygens (including phenoxy) is 1. The van der Waals surface area contributed by atoms with Crippen LogP contribution in [0.25, 0.3) is 0 Å². The van der Waals surface area contributed by atoms with E-state index in [0.29, 0.717) is 24.5 Å². The molecule has 0 atom stereocenters. The normalized spacial score (nSPS) is 14.3. The van der Waals surface area contributed by atoms with Gasteiger partial charge in [-0.1, -0.05) is 0 Å². The molecule has 2 heterocycles. The largest absolute Gasteiger partial charge is 0.489 e. The highest BCUT2D eigenvalue weighted by Gasteiger charge is 2.12. The Morgan fingerprint density at radius 1 is 1.54 bits per heavy atom. The maximum atomic E-state index is 11.0. The number of amides is 1. The van der Waals surface area contributed by atoms with E-state index in [4.69, 9.17) is 4.74 Å². The number of anilines is 1. The van der Waals surface area contributed by atoms with E-state index in [1.54, 1.807) is 18.5 Å². The highest BCUT2D eigenvalue weighted by atomic mass is 35.5. The van der Waals surface area contributed by atoms with Gasteiger partial charge in [0.05, 0.1) is 24.9 Å². The summed E-state index contributed by atoms with van der Waals surface area (Å²) < 4.78 is 5.27. The SMILES string of the molecule is Cl.O=C1CCOc2cnccc2N1. The van der Waals surface area contributed by atoms with Gasteiger partial charge in [0.25, 0.3) is 0 Å². The molecule has 1 aliphatic rings. The van der Waals surface area contributed by atoms with Gasteiger partial charge in [-0.3, -0.25) is 9.78 Å². The Morgan fingerprint density at radius 3 is 3.23 bits per heavy atom. The molecule has 5 heteroatoms. The average Bonchev–Trinajstić information content (AvgIpc) is 2.25. The Hall–Kier alpha value is -1.29. The summed E-state index contributed by atoms with van der Waals surface area (Å²) in [5.74, 6) is 0.628. The maximum Gasteiger partial charge on any atom is 0.227 e. The van der Waals surface area contributed by atoms with Gasteiger partial charge in [0.15, 0.2) is 5.75 Å². The number of halogens is 1. The molecule has 1 aromatic heterocycles. The Kier molecular flexibility index (Phi) is 3.08. The summed E-state index contributed by atoms with van der Waals surface area (Å²) in [7, 11) is 0. The third kappa shape index (κ3) is 2.09. The molecule has 0 saturated heterocycles. The van der Waals surface area contributed by atoms with Crippen LogP contribution in [0.5, 0.6) is 5.75 Å². The van der Waals surface area contributed by atoms with Gasteiger partial charge >= 0.3 is 0 Å². The van der Waals surface area contributed by atoms with Gasteiger partial charge in [-0.2, -0.15) is 0 Å². The lowest BCUT2D eigenvalue weighted by atomic mass is 10.3. The fraction of sp³-hybridized carbons (Fsp3) is 0.250. The van der Waals surface area contributed by atoms with Crippen LogP contribution in [0.2, 0.25) is 0 Å². The predicted molar refractivity (Wildman–Crippen MR) is 50.2 cm³/mol. The van der Waals surface area contributed by atoms with Crippen LogP contribution < -0.4 is 10.1 Å². The molecule has 0 fully saturated rings. The van der Waals surface area contributed by atoms with E-state index in [2.05, 4.69) is 10.3 Å². The van der Waals surface area contributed by atoms with Crippen LogP contribution in [0.1, 0.15) is 6.42 Å². The van der Waals surface area contributed by atoms with Crippen LogP contribution in [-0.2, 0) is 4.79 Å². The molecule has 1 aromatic rings. The summed E-state index contributed by atoms with van der Waals surface area (Å²) in [5, 5.41) is 2.72. The molecule has 13 heavy (non-hydrogen) atoms. The predicted octanol–water partition coefficient (Wildman–Crippen LogP) is 1.22. The topological polar surface area (TPSA) is 51.2 Å². The average molecular weight is 201 g/mol. The monoisotopic (exact) mass is 200 g/mol. The number of fused-ring (bicyclic) bond motifs is 1. The summed E-state index contributed by atoms with van der Waals surface area (Å²) in [6.07, 6.45) is 3.61. The zero-order valence-corrected chi connectivity index (χ0v) is 7.63. The van der Waals surface area contributed by atoms with E-state index < -0.39 is 0 Å². The van der Waals surface area contributed by atoms with Crippen molar-refractivity contribution in [2.45, 2.75) is 6.42 Å². The Balaban J connectivity index is 0.000000845. The van der Waals surface area contributed by atoms with Crippen molar-refractivity contribution < 1.29 is 9.53 Å². The number of pyridine rings is 1. The minimum absolute atomic E-state index is 0. The first-order valence-corrected chi connectivity index (χ1v) is 3.73. The standard InChI is InChI=1S/C8H8N2O2.ClH/c11-8-2-4-12-7-5-9-3-1-6(7)10-8;/h1,3,5H,2,4H2,(H,10,11);1H. The molecule has 1 aliphatic heterocycles. The molecule has 0 unspecified atom stereocenters. The van der Waals surface area contributed by atoms with Crippen molar-refractivity contribution in [3.05, 3.63) is 18.5 Å². The summed E-state index contributed by atoms with van der Waals surface area (Å²) in [6, 6.07) is 1.72. The highest BCUT2D eigenvalue weighted by Crippen LogP contribution is 2.24. The van der Waals surface area contributed by atoms with Gasteiger partial charge < -0.3 is 10.1 Å². The molecule has 1 amide bonds. The number of hydrogen-bond donors (Lipinski definition) is 1. The number of carbonyl (C=O) groups excluding carboxylic acids is 1. The van der Waals surface area contributed by atoms with Crippen LogP contribution in [0.15, 0.2) is 18.5 Å². The second kappa shape index (κ2) is 4.09. The quantitative estimate of drug-likeness (QED) is 0.685. The zero-order chi connectivity index (χ0) is 8.39. The molecule has 4 nitrogen and oxygen atoms in total. The Morgan fingerprint density at radius 2 is 2.38 bits per heavy atom. The third-order valence-corrected chi connectivity index (χ3v) is 1.65. The van der Waals surface area contributed by atoms with Crippen molar-refractivity contribution in [3.8, 4) is 5.75 Å². The number of aromatic nitrogens is 1. The molecule has 2 rings (SSSR count). The van der Waals surface area contributed by atoms with E-state index in [1.165, 1.54) is 0 Å². The number of hydrogen-bond acceptors (Lipinski definition) is 3. The molecule has 0 radical (unpaired) electrons. The third-order valence-electron chi connectivity index (χ3n) is 1.65. The summed E-state index contributed by atoms with van der Waals surface area (Å²) in [4.78, 5) is 14.9. The van der Waals surface area contributed by atoms with Gasteiger partial charge in [0, 0.05) is 6.20 Å². The Labute approximate surface area is 81.7 Å². The maximum absolute atomic E-state index is 11.0. The molecule has 0 spiro atoms. The lowest BCUT2D eigenvalue weighted by molar-refractivity contribution is -0.116. The molecule has 0 saturated carbocycles. The number of nitrogens with one attached hydrogen (secondary N) is 1. The van der Waals surface area contributed by atoms with Crippen LogP contribution in [0.4, 0.5) is 5.69 Å². The van der Waals surface area contributed by atoms with E-state index >= 15 is 0 Å². The highest BCUT2D eigenvalue weighted by molar-refractivity contribution is 5.92. The minimum Gasteiger partial charge on any atom is -0.489 e.